The molecule has 3 atom stereocenters. The van der Waals surface area contributed by atoms with Crippen LogP contribution >= 0.6 is 0 Å². The van der Waals surface area contributed by atoms with E-state index in [2.05, 4.69) is 31.0 Å². The zero-order valence-electron chi connectivity index (χ0n) is 12.8. The summed E-state index contributed by atoms with van der Waals surface area (Å²) < 4.78 is 0. The first-order chi connectivity index (χ1) is 9.13. The fourth-order valence-corrected chi connectivity index (χ4v) is 3.15. The maximum atomic E-state index is 12.5. The van der Waals surface area contributed by atoms with Crippen LogP contribution in [0.1, 0.15) is 59.3 Å². The summed E-state index contributed by atoms with van der Waals surface area (Å²) >= 11 is 0. The van der Waals surface area contributed by atoms with Crippen LogP contribution in [0.15, 0.2) is 0 Å². The van der Waals surface area contributed by atoms with Gasteiger partial charge >= 0.3 is 0 Å². The largest absolute Gasteiger partial charge is 0.337 e. The Kier molecular flexibility index (Phi) is 5.26. The minimum atomic E-state index is 0.405. The van der Waals surface area contributed by atoms with Crippen LogP contribution in [0.3, 0.4) is 0 Å². The number of carbonyl (C=O) groups excluding carboxylic acids is 1. The highest BCUT2D eigenvalue weighted by Crippen LogP contribution is 2.32. The van der Waals surface area contributed by atoms with Crippen LogP contribution in [0.25, 0.3) is 0 Å². The van der Waals surface area contributed by atoms with Gasteiger partial charge in [0.2, 0.25) is 5.91 Å². The van der Waals surface area contributed by atoms with E-state index < -0.39 is 0 Å². The molecule has 0 spiro atoms. The molecule has 2 fully saturated rings. The highest BCUT2D eigenvalue weighted by Gasteiger charge is 2.36. The van der Waals surface area contributed by atoms with Gasteiger partial charge in [-0.2, -0.15) is 0 Å². The molecule has 0 radical (unpaired) electrons. The van der Waals surface area contributed by atoms with Crippen LogP contribution < -0.4 is 5.32 Å². The van der Waals surface area contributed by atoms with Crippen molar-refractivity contribution in [1.29, 1.82) is 0 Å². The second-order valence-corrected chi connectivity index (χ2v) is 6.56. The monoisotopic (exact) mass is 266 g/mol. The first kappa shape index (κ1) is 14.8. The van der Waals surface area contributed by atoms with Crippen molar-refractivity contribution in [3.05, 3.63) is 0 Å². The molecule has 2 aliphatic rings. The molecule has 1 aliphatic carbocycles. The first-order valence-electron chi connectivity index (χ1n) is 8.15. The van der Waals surface area contributed by atoms with E-state index in [4.69, 9.17) is 0 Å². The van der Waals surface area contributed by atoms with E-state index in [1.807, 2.05) is 0 Å². The molecular formula is C16H30N2O. The van der Waals surface area contributed by atoms with Crippen LogP contribution in [-0.4, -0.2) is 36.0 Å². The maximum Gasteiger partial charge on any atom is 0.223 e. The lowest BCUT2D eigenvalue weighted by molar-refractivity contribution is -0.135. The molecule has 110 valence electrons. The van der Waals surface area contributed by atoms with Crippen molar-refractivity contribution in [1.82, 2.24) is 10.2 Å². The van der Waals surface area contributed by atoms with Crippen LogP contribution in [0.2, 0.25) is 0 Å². The standard InChI is InChI=1S/C16H30N2O/c1-4-12(2)13(3)18(15-6-7-15)16(19)8-5-14-9-10-17-11-14/h12-15,17H,4-11H2,1-3H3. The van der Waals surface area contributed by atoms with Gasteiger partial charge in [-0.1, -0.05) is 20.3 Å². The van der Waals surface area contributed by atoms with Crippen molar-refractivity contribution in [2.75, 3.05) is 13.1 Å². The zero-order valence-corrected chi connectivity index (χ0v) is 12.8. The molecule has 3 unspecified atom stereocenters. The van der Waals surface area contributed by atoms with Crippen molar-refractivity contribution in [2.45, 2.75) is 71.4 Å². The fourth-order valence-electron chi connectivity index (χ4n) is 3.15. The molecule has 19 heavy (non-hydrogen) atoms. The number of rotatable bonds is 7. The molecule has 1 amide bonds. The molecule has 1 heterocycles. The Morgan fingerprint density at radius 3 is 2.58 bits per heavy atom. The highest BCUT2D eigenvalue weighted by molar-refractivity contribution is 5.77. The Bertz CT molecular complexity index is 295. The van der Waals surface area contributed by atoms with E-state index in [1.165, 1.54) is 19.3 Å². The Morgan fingerprint density at radius 2 is 2.05 bits per heavy atom. The average Bonchev–Trinajstić information content (AvgIpc) is 3.10. The van der Waals surface area contributed by atoms with Gasteiger partial charge < -0.3 is 10.2 Å². The molecule has 1 N–H and O–H groups in total. The van der Waals surface area contributed by atoms with Crippen LogP contribution in [0, 0.1) is 11.8 Å². The van der Waals surface area contributed by atoms with Gasteiger partial charge in [-0.3, -0.25) is 4.79 Å². The summed E-state index contributed by atoms with van der Waals surface area (Å²) in [5.74, 6) is 1.74. The lowest BCUT2D eigenvalue weighted by atomic mass is 9.97. The second kappa shape index (κ2) is 6.74. The summed E-state index contributed by atoms with van der Waals surface area (Å²) in [6.45, 7) is 8.97. The molecule has 3 nitrogen and oxygen atoms in total. The summed E-state index contributed by atoms with van der Waals surface area (Å²) in [6, 6.07) is 0.963. The molecule has 3 heteroatoms. The van der Waals surface area contributed by atoms with Gasteiger partial charge in [0.1, 0.15) is 0 Å². The molecule has 0 aromatic rings. The van der Waals surface area contributed by atoms with Gasteiger partial charge in [-0.05, 0) is 57.5 Å². The topological polar surface area (TPSA) is 32.3 Å². The molecular weight excluding hydrogens is 236 g/mol. The Labute approximate surface area is 118 Å². The maximum absolute atomic E-state index is 12.5. The fraction of sp³-hybridized carbons (Fsp3) is 0.938. The number of hydrogen-bond acceptors (Lipinski definition) is 2. The summed E-state index contributed by atoms with van der Waals surface area (Å²) in [5, 5.41) is 3.39. The third-order valence-corrected chi connectivity index (χ3v) is 5.06. The van der Waals surface area contributed by atoms with E-state index in [9.17, 15) is 4.79 Å². The number of nitrogens with zero attached hydrogens (tertiary/aromatic N) is 1. The number of nitrogens with one attached hydrogen (secondary N) is 1. The van der Waals surface area contributed by atoms with Gasteiger partial charge in [0.05, 0.1) is 0 Å². The van der Waals surface area contributed by atoms with Gasteiger partial charge in [-0.15, -0.1) is 0 Å². The minimum Gasteiger partial charge on any atom is -0.337 e. The minimum absolute atomic E-state index is 0.405. The summed E-state index contributed by atoms with van der Waals surface area (Å²) in [4.78, 5) is 14.8. The molecule has 0 aromatic heterocycles. The summed E-state index contributed by atoms with van der Waals surface area (Å²) in [6.07, 6.45) is 6.67. The lowest BCUT2D eigenvalue weighted by Crippen LogP contribution is -2.43. The van der Waals surface area contributed by atoms with Crippen molar-refractivity contribution in [2.24, 2.45) is 11.8 Å². The number of carbonyl (C=O) groups is 1. The molecule has 1 saturated heterocycles. The third-order valence-electron chi connectivity index (χ3n) is 5.06. The first-order valence-corrected chi connectivity index (χ1v) is 8.15. The highest BCUT2D eigenvalue weighted by atomic mass is 16.2. The number of hydrogen-bond donors (Lipinski definition) is 1. The SMILES string of the molecule is CCC(C)C(C)N(C(=O)CCC1CCNC1)C1CC1. The van der Waals surface area contributed by atoms with E-state index >= 15 is 0 Å². The normalized spacial score (nSPS) is 26.2. The molecule has 1 aliphatic heterocycles. The lowest BCUT2D eigenvalue weighted by Gasteiger charge is -2.33. The van der Waals surface area contributed by atoms with Crippen molar-refractivity contribution >= 4 is 5.91 Å². The van der Waals surface area contributed by atoms with Crippen LogP contribution in [0.4, 0.5) is 0 Å². The van der Waals surface area contributed by atoms with Crippen molar-refractivity contribution in [3.63, 3.8) is 0 Å². The van der Waals surface area contributed by atoms with Crippen molar-refractivity contribution < 1.29 is 4.79 Å². The van der Waals surface area contributed by atoms with Gasteiger partial charge in [0.15, 0.2) is 0 Å². The second-order valence-electron chi connectivity index (χ2n) is 6.56. The number of amides is 1. The Balaban J connectivity index is 1.85. The quantitative estimate of drug-likeness (QED) is 0.768. The zero-order chi connectivity index (χ0) is 13.8. The predicted octanol–water partition coefficient (Wildman–Crippen LogP) is 2.80. The smallest absolute Gasteiger partial charge is 0.223 e. The van der Waals surface area contributed by atoms with E-state index in [0.29, 0.717) is 23.9 Å². The van der Waals surface area contributed by atoms with Crippen LogP contribution in [-0.2, 0) is 4.79 Å². The average molecular weight is 266 g/mol. The van der Waals surface area contributed by atoms with E-state index in [-0.39, 0.29) is 0 Å². The summed E-state index contributed by atoms with van der Waals surface area (Å²) in [7, 11) is 0. The predicted molar refractivity (Wildman–Crippen MR) is 79.0 cm³/mol. The molecule has 0 bridgehead atoms. The van der Waals surface area contributed by atoms with Gasteiger partial charge in [0, 0.05) is 18.5 Å². The molecule has 0 aromatic carbocycles. The molecule has 2 rings (SSSR count). The van der Waals surface area contributed by atoms with Crippen LogP contribution in [0.5, 0.6) is 0 Å². The third kappa shape index (κ3) is 3.95. The summed E-state index contributed by atoms with van der Waals surface area (Å²) in [5.41, 5.74) is 0. The van der Waals surface area contributed by atoms with Gasteiger partial charge in [0.25, 0.3) is 0 Å². The van der Waals surface area contributed by atoms with E-state index in [0.717, 1.165) is 38.3 Å². The Morgan fingerprint density at radius 1 is 1.32 bits per heavy atom. The Hall–Kier alpha value is -0.570. The van der Waals surface area contributed by atoms with E-state index in [1.54, 1.807) is 0 Å². The van der Waals surface area contributed by atoms with Gasteiger partial charge in [-0.25, -0.2) is 0 Å². The molecule has 1 saturated carbocycles. The van der Waals surface area contributed by atoms with Crippen molar-refractivity contribution in [3.8, 4) is 0 Å².